The van der Waals surface area contributed by atoms with Gasteiger partial charge >= 0.3 is 0 Å². The Morgan fingerprint density at radius 3 is 2.23 bits per heavy atom. The average molecular weight is 301 g/mol. The van der Waals surface area contributed by atoms with Crippen LogP contribution in [0.15, 0.2) is 18.3 Å². The first kappa shape index (κ1) is 15.5. The lowest BCUT2D eigenvalue weighted by atomic mass is 9.50. The van der Waals surface area contributed by atoms with Crippen LogP contribution in [0, 0.1) is 17.8 Å². The van der Waals surface area contributed by atoms with Crippen LogP contribution < -0.4 is 4.90 Å². The number of aryl methyl sites for hydroxylation is 1. The van der Waals surface area contributed by atoms with Crippen LogP contribution in [0.2, 0.25) is 0 Å². The van der Waals surface area contributed by atoms with Gasteiger partial charge in [-0.25, -0.2) is 4.98 Å². The van der Waals surface area contributed by atoms with Crippen molar-refractivity contribution in [2.45, 2.75) is 40.7 Å². The molecule has 0 aromatic carbocycles. The fourth-order valence-electron chi connectivity index (χ4n) is 4.82. The molecular weight excluding hydrogens is 274 g/mol. The van der Waals surface area contributed by atoms with E-state index in [2.05, 4.69) is 55.5 Å². The van der Waals surface area contributed by atoms with Crippen molar-refractivity contribution in [2.75, 3.05) is 31.1 Å². The van der Waals surface area contributed by atoms with E-state index in [9.17, 15) is 4.79 Å². The minimum Gasteiger partial charge on any atom is -0.354 e. The lowest BCUT2D eigenvalue weighted by Crippen LogP contribution is -2.72. The van der Waals surface area contributed by atoms with Gasteiger partial charge in [0.15, 0.2) is 0 Å². The van der Waals surface area contributed by atoms with Crippen molar-refractivity contribution in [3.8, 4) is 0 Å². The van der Waals surface area contributed by atoms with Crippen LogP contribution in [0.1, 0.15) is 33.3 Å². The van der Waals surface area contributed by atoms with Gasteiger partial charge in [-0.3, -0.25) is 9.69 Å². The number of piperazine rings is 1. The zero-order valence-electron chi connectivity index (χ0n) is 14.4. The molecule has 0 N–H and O–H groups in total. The number of anilines is 1. The maximum atomic E-state index is 12.3. The number of Topliss-reactive ketones (excluding diaryl/α,β-unsaturated/α-hetero) is 1. The Bertz CT molecular complexity index is 568. The van der Waals surface area contributed by atoms with E-state index in [1.54, 1.807) is 0 Å². The van der Waals surface area contributed by atoms with E-state index in [-0.39, 0.29) is 10.8 Å². The topological polar surface area (TPSA) is 36.4 Å². The smallest absolute Gasteiger partial charge is 0.147 e. The maximum Gasteiger partial charge on any atom is 0.147 e. The van der Waals surface area contributed by atoms with Crippen LogP contribution >= 0.6 is 0 Å². The Kier molecular flexibility index (Phi) is 3.55. The van der Waals surface area contributed by atoms with E-state index in [4.69, 9.17) is 0 Å². The second-order valence-corrected chi connectivity index (χ2v) is 7.84. The molecule has 22 heavy (non-hydrogen) atoms. The summed E-state index contributed by atoms with van der Waals surface area (Å²) < 4.78 is 0. The van der Waals surface area contributed by atoms with E-state index in [1.807, 2.05) is 12.3 Å². The van der Waals surface area contributed by atoms with Crippen molar-refractivity contribution < 1.29 is 4.79 Å². The summed E-state index contributed by atoms with van der Waals surface area (Å²) in [5, 5.41) is 0. The number of pyridine rings is 1. The lowest BCUT2D eigenvalue weighted by Gasteiger charge is -2.60. The fraction of sp³-hybridized carbons (Fsp3) is 0.667. The molecule has 0 spiro atoms. The van der Waals surface area contributed by atoms with E-state index in [0.29, 0.717) is 11.8 Å². The molecule has 1 aliphatic heterocycles. The largest absolute Gasteiger partial charge is 0.354 e. The third-order valence-corrected chi connectivity index (χ3v) is 5.50. The Morgan fingerprint density at radius 2 is 1.68 bits per heavy atom. The van der Waals surface area contributed by atoms with Crippen molar-refractivity contribution in [1.29, 1.82) is 0 Å². The fourth-order valence-corrected chi connectivity index (χ4v) is 4.82. The molecule has 2 fully saturated rings. The molecule has 0 amide bonds. The molecule has 2 aliphatic rings. The highest BCUT2D eigenvalue weighted by Crippen LogP contribution is 2.53. The van der Waals surface area contributed by atoms with E-state index < -0.39 is 0 Å². The monoisotopic (exact) mass is 301 g/mol. The van der Waals surface area contributed by atoms with Crippen molar-refractivity contribution in [2.24, 2.45) is 10.8 Å². The predicted molar refractivity (Wildman–Crippen MR) is 89.1 cm³/mol. The van der Waals surface area contributed by atoms with Crippen LogP contribution in [0.25, 0.3) is 0 Å². The quantitative estimate of drug-likeness (QED) is 0.841. The van der Waals surface area contributed by atoms with Gasteiger partial charge in [0.25, 0.3) is 0 Å². The van der Waals surface area contributed by atoms with Crippen LogP contribution in [-0.4, -0.2) is 47.9 Å². The van der Waals surface area contributed by atoms with Crippen molar-refractivity contribution in [3.63, 3.8) is 0 Å². The summed E-state index contributed by atoms with van der Waals surface area (Å²) in [6, 6.07) is 4.45. The van der Waals surface area contributed by atoms with Gasteiger partial charge in [0, 0.05) is 49.2 Å². The van der Waals surface area contributed by atoms with Crippen molar-refractivity contribution >= 4 is 11.6 Å². The summed E-state index contributed by atoms with van der Waals surface area (Å²) in [6.07, 6.45) is 1.87. The summed E-state index contributed by atoms with van der Waals surface area (Å²) in [7, 11) is 0. The normalized spacial score (nSPS) is 25.1. The zero-order chi connectivity index (χ0) is 16.1. The van der Waals surface area contributed by atoms with Crippen LogP contribution in [-0.2, 0) is 4.79 Å². The van der Waals surface area contributed by atoms with Gasteiger partial charge < -0.3 is 4.90 Å². The molecule has 1 aliphatic carbocycles. The van der Waals surface area contributed by atoms with Gasteiger partial charge in [-0.05, 0) is 18.6 Å². The number of rotatable bonds is 2. The molecule has 3 rings (SSSR count). The first-order valence-corrected chi connectivity index (χ1v) is 8.22. The summed E-state index contributed by atoms with van der Waals surface area (Å²) >= 11 is 0. The highest BCUT2D eigenvalue weighted by molar-refractivity contribution is 5.97. The molecule has 4 nitrogen and oxygen atoms in total. The van der Waals surface area contributed by atoms with Gasteiger partial charge in [0.1, 0.15) is 11.6 Å². The second kappa shape index (κ2) is 5.05. The number of nitrogens with zero attached hydrogens (tertiary/aromatic N) is 3. The molecular formula is C18H27N3O. The molecule has 1 saturated heterocycles. The molecule has 0 atom stereocenters. The van der Waals surface area contributed by atoms with Gasteiger partial charge in [-0.2, -0.15) is 0 Å². The molecule has 1 aromatic heterocycles. The first-order chi connectivity index (χ1) is 10.3. The van der Waals surface area contributed by atoms with Crippen molar-refractivity contribution in [1.82, 2.24) is 9.88 Å². The summed E-state index contributed by atoms with van der Waals surface area (Å²) in [5.41, 5.74) is 0.800. The van der Waals surface area contributed by atoms with Gasteiger partial charge in [0.2, 0.25) is 0 Å². The molecule has 2 heterocycles. The number of hydrogen-bond acceptors (Lipinski definition) is 4. The van der Waals surface area contributed by atoms with E-state index >= 15 is 0 Å². The average Bonchev–Trinajstić information content (AvgIpc) is 2.47. The van der Waals surface area contributed by atoms with Gasteiger partial charge in [-0.1, -0.05) is 33.8 Å². The number of aromatic nitrogens is 1. The molecule has 1 aromatic rings. The third kappa shape index (κ3) is 2.16. The van der Waals surface area contributed by atoms with Crippen LogP contribution in [0.4, 0.5) is 5.82 Å². The Hall–Kier alpha value is -1.42. The highest BCUT2D eigenvalue weighted by Gasteiger charge is 2.63. The number of hydrogen-bond donors (Lipinski definition) is 0. The number of carbonyl (C=O) groups excluding carboxylic acids is 1. The number of carbonyl (C=O) groups is 1. The standard InChI is InChI=1S/C18H27N3O/c1-13-7-6-8-19-14(13)20-9-11-21(12-10-20)15-17(2,3)16(22)18(15,4)5/h6-8,15H,9-12H2,1-5H3. The van der Waals surface area contributed by atoms with Gasteiger partial charge in [-0.15, -0.1) is 0 Å². The Morgan fingerprint density at radius 1 is 1.09 bits per heavy atom. The van der Waals surface area contributed by atoms with Gasteiger partial charge in [0.05, 0.1) is 0 Å². The van der Waals surface area contributed by atoms with Crippen molar-refractivity contribution in [3.05, 3.63) is 23.9 Å². The Labute approximate surface area is 133 Å². The summed E-state index contributed by atoms with van der Waals surface area (Å²) in [4.78, 5) is 21.7. The summed E-state index contributed by atoms with van der Waals surface area (Å²) in [6.45, 7) is 14.5. The third-order valence-electron chi connectivity index (χ3n) is 5.50. The van der Waals surface area contributed by atoms with Crippen LogP contribution in [0.5, 0.6) is 0 Å². The molecule has 4 heteroatoms. The van der Waals surface area contributed by atoms with E-state index in [0.717, 1.165) is 32.0 Å². The second-order valence-electron chi connectivity index (χ2n) is 7.84. The highest BCUT2D eigenvalue weighted by atomic mass is 16.1. The van der Waals surface area contributed by atoms with Crippen LogP contribution in [0.3, 0.4) is 0 Å². The predicted octanol–water partition coefficient (Wildman–Crippen LogP) is 2.52. The maximum absolute atomic E-state index is 12.3. The lowest BCUT2D eigenvalue weighted by molar-refractivity contribution is -0.170. The molecule has 0 unspecified atom stereocenters. The minimum atomic E-state index is -0.216. The Balaban J connectivity index is 1.70. The number of ketones is 1. The molecule has 0 bridgehead atoms. The summed E-state index contributed by atoms with van der Waals surface area (Å²) in [5.74, 6) is 1.50. The zero-order valence-corrected chi connectivity index (χ0v) is 14.4. The van der Waals surface area contributed by atoms with E-state index in [1.165, 1.54) is 5.56 Å². The molecule has 0 radical (unpaired) electrons. The first-order valence-electron chi connectivity index (χ1n) is 8.22. The minimum absolute atomic E-state index is 0.216. The SMILES string of the molecule is Cc1cccnc1N1CCN(C2C(C)(C)C(=O)C2(C)C)CC1. The molecule has 120 valence electrons. The molecule has 1 saturated carbocycles.